The number of esters is 1. The molecule has 0 aliphatic heterocycles. The number of thiol groups is 1. The van der Waals surface area contributed by atoms with Gasteiger partial charge in [0, 0.05) is 11.3 Å². The van der Waals surface area contributed by atoms with Crippen molar-refractivity contribution in [2.24, 2.45) is 0 Å². The van der Waals surface area contributed by atoms with E-state index in [1.165, 1.54) is 0 Å². The SMILES string of the molecule is CCOC(=O)c1cc(S)cc(CC(=O)CBr)c1. The third kappa shape index (κ3) is 4.52. The van der Waals surface area contributed by atoms with Gasteiger partial charge in [-0.2, -0.15) is 0 Å². The van der Waals surface area contributed by atoms with Crippen LogP contribution in [0.5, 0.6) is 0 Å². The van der Waals surface area contributed by atoms with Crippen molar-refractivity contribution in [3.63, 3.8) is 0 Å². The fourth-order valence-corrected chi connectivity index (χ4v) is 1.89. The lowest BCUT2D eigenvalue weighted by Gasteiger charge is -2.06. The summed E-state index contributed by atoms with van der Waals surface area (Å²) in [5.41, 5.74) is 1.20. The molecule has 0 heterocycles. The molecule has 0 atom stereocenters. The van der Waals surface area contributed by atoms with Gasteiger partial charge in [-0.25, -0.2) is 4.79 Å². The summed E-state index contributed by atoms with van der Waals surface area (Å²) in [5.74, 6) is -0.338. The van der Waals surface area contributed by atoms with Crippen LogP contribution in [0.4, 0.5) is 0 Å². The Kier molecular flexibility index (Phi) is 5.71. The van der Waals surface area contributed by atoms with E-state index in [0.717, 1.165) is 5.56 Å². The maximum Gasteiger partial charge on any atom is 0.338 e. The lowest BCUT2D eigenvalue weighted by atomic mass is 10.1. The largest absolute Gasteiger partial charge is 0.462 e. The molecule has 0 unspecified atom stereocenters. The summed E-state index contributed by atoms with van der Waals surface area (Å²) in [6.07, 6.45) is 0.284. The molecule has 1 rings (SSSR count). The number of ketones is 1. The normalized spacial score (nSPS) is 10.1. The Morgan fingerprint density at radius 3 is 2.65 bits per heavy atom. The molecule has 3 nitrogen and oxygen atoms in total. The first kappa shape index (κ1) is 14.3. The first-order chi connectivity index (χ1) is 8.06. The van der Waals surface area contributed by atoms with Gasteiger partial charge in [0.05, 0.1) is 17.5 Å². The van der Waals surface area contributed by atoms with Crippen molar-refractivity contribution in [2.75, 3.05) is 11.9 Å². The molecule has 1 aromatic carbocycles. The van der Waals surface area contributed by atoms with E-state index in [1.54, 1.807) is 25.1 Å². The highest BCUT2D eigenvalue weighted by Gasteiger charge is 2.10. The molecule has 1 aromatic rings. The van der Waals surface area contributed by atoms with Crippen LogP contribution in [0.1, 0.15) is 22.8 Å². The number of hydrogen-bond acceptors (Lipinski definition) is 4. The fraction of sp³-hybridized carbons (Fsp3) is 0.333. The molecule has 0 amide bonds. The van der Waals surface area contributed by atoms with Crippen LogP contribution in [-0.2, 0) is 16.0 Å². The minimum Gasteiger partial charge on any atom is -0.462 e. The molecule has 0 saturated heterocycles. The number of carbonyl (C=O) groups is 2. The predicted molar refractivity (Wildman–Crippen MR) is 72.2 cm³/mol. The Labute approximate surface area is 114 Å². The molecule has 0 fully saturated rings. The zero-order valence-corrected chi connectivity index (χ0v) is 11.9. The molecule has 5 heteroatoms. The lowest BCUT2D eigenvalue weighted by molar-refractivity contribution is -0.115. The average Bonchev–Trinajstić information content (AvgIpc) is 2.28. The summed E-state index contributed by atoms with van der Waals surface area (Å²) in [6, 6.07) is 5.06. The lowest BCUT2D eigenvalue weighted by Crippen LogP contribution is -2.08. The number of Topliss-reactive ketones (excluding diaryl/α,β-unsaturated/α-hetero) is 1. The summed E-state index contributed by atoms with van der Waals surface area (Å²) in [6.45, 7) is 2.07. The van der Waals surface area contributed by atoms with Crippen molar-refractivity contribution >= 4 is 40.3 Å². The molecule has 0 bridgehead atoms. The van der Waals surface area contributed by atoms with Crippen molar-refractivity contribution in [1.29, 1.82) is 0 Å². The molecule has 0 saturated carbocycles. The van der Waals surface area contributed by atoms with E-state index in [9.17, 15) is 9.59 Å². The van der Waals surface area contributed by atoms with E-state index in [4.69, 9.17) is 4.74 Å². The van der Waals surface area contributed by atoms with E-state index in [0.29, 0.717) is 22.4 Å². The number of halogens is 1. The third-order valence-electron chi connectivity index (χ3n) is 2.04. The number of ether oxygens (including phenoxy) is 1. The van der Waals surface area contributed by atoms with Gasteiger partial charge in [0.15, 0.2) is 0 Å². The van der Waals surface area contributed by atoms with Crippen LogP contribution in [0.2, 0.25) is 0 Å². The highest BCUT2D eigenvalue weighted by molar-refractivity contribution is 9.09. The Morgan fingerprint density at radius 2 is 2.06 bits per heavy atom. The first-order valence-corrected chi connectivity index (χ1v) is 6.71. The number of alkyl halides is 1. The van der Waals surface area contributed by atoms with Gasteiger partial charge in [0.1, 0.15) is 5.78 Å². The van der Waals surface area contributed by atoms with Gasteiger partial charge in [-0.15, -0.1) is 12.6 Å². The number of benzene rings is 1. The minimum atomic E-state index is -0.393. The molecule has 92 valence electrons. The van der Waals surface area contributed by atoms with E-state index in [1.807, 2.05) is 0 Å². The molecule has 0 radical (unpaired) electrons. The number of rotatable bonds is 5. The fourth-order valence-electron chi connectivity index (χ4n) is 1.38. The Hall–Kier alpha value is -0.810. The van der Waals surface area contributed by atoms with Gasteiger partial charge < -0.3 is 4.74 Å². The summed E-state index contributed by atoms with van der Waals surface area (Å²) >= 11 is 7.31. The summed E-state index contributed by atoms with van der Waals surface area (Å²) < 4.78 is 4.90. The topological polar surface area (TPSA) is 43.4 Å². The van der Waals surface area contributed by atoms with Crippen molar-refractivity contribution in [3.05, 3.63) is 29.3 Å². The zero-order valence-electron chi connectivity index (χ0n) is 9.40. The quantitative estimate of drug-likeness (QED) is 0.516. The van der Waals surface area contributed by atoms with Crippen LogP contribution in [0.15, 0.2) is 23.1 Å². The van der Waals surface area contributed by atoms with Gasteiger partial charge in [-0.1, -0.05) is 15.9 Å². The van der Waals surface area contributed by atoms with Crippen molar-refractivity contribution in [2.45, 2.75) is 18.2 Å². The van der Waals surface area contributed by atoms with Crippen LogP contribution in [0.25, 0.3) is 0 Å². The van der Waals surface area contributed by atoms with Crippen molar-refractivity contribution in [3.8, 4) is 0 Å². The van der Waals surface area contributed by atoms with Crippen LogP contribution in [0.3, 0.4) is 0 Å². The molecule has 0 aliphatic carbocycles. The van der Waals surface area contributed by atoms with Gasteiger partial charge >= 0.3 is 5.97 Å². The molecular weight excluding hydrogens is 304 g/mol. The second-order valence-electron chi connectivity index (χ2n) is 3.46. The molecular formula is C12H13BrO3S. The molecule has 0 aromatic heterocycles. The van der Waals surface area contributed by atoms with Crippen LogP contribution < -0.4 is 0 Å². The van der Waals surface area contributed by atoms with Crippen LogP contribution >= 0.6 is 28.6 Å². The predicted octanol–water partition coefficient (Wildman–Crippen LogP) is 2.66. The summed E-state index contributed by atoms with van der Waals surface area (Å²) in [5, 5.41) is 0.304. The standard InChI is InChI=1S/C12H13BrO3S/c1-2-16-12(15)9-3-8(4-10(14)7-13)5-11(17)6-9/h3,5-6,17H,2,4,7H2,1H3. The van der Waals surface area contributed by atoms with Gasteiger partial charge in [0.25, 0.3) is 0 Å². The Morgan fingerprint density at radius 1 is 1.35 bits per heavy atom. The third-order valence-corrected chi connectivity index (χ3v) is 2.92. The van der Waals surface area contributed by atoms with E-state index < -0.39 is 5.97 Å². The van der Waals surface area contributed by atoms with E-state index in [-0.39, 0.29) is 12.2 Å². The van der Waals surface area contributed by atoms with E-state index >= 15 is 0 Å². The van der Waals surface area contributed by atoms with Gasteiger partial charge in [0.2, 0.25) is 0 Å². The Balaban J connectivity index is 2.93. The van der Waals surface area contributed by atoms with E-state index in [2.05, 4.69) is 28.6 Å². The minimum absolute atomic E-state index is 0.0544. The van der Waals surface area contributed by atoms with Gasteiger partial charge in [-0.3, -0.25) is 4.79 Å². The van der Waals surface area contributed by atoms with Crippen molar-refractivity contribution < 1.29 is 14.3 Å². The summed E-state index contributed by atoms with van der Waals surface area (Å²) in [7, 11) is 0. The maximum absolute atomic E-state index is 11.6. The summed E-state index contributed by atoms with van der Waals surface area (Å²) in [4.78, 5) is 23.5. The average molecular weight is 317 g/mol. The Bertz CT molecular complexity index is 432. The molecule has 0 aliphatic rings. The van der Waals surface area contributed by atoms with Crippen LogP contribution in [-0.4, -0.2) is 23.7 Å². The highest BCUT2D eigenvalue weighted by Crippen LogP contribution is 2.15. The van der Waals surface area contributed by atoms with Crippen molar-refractivity contribution in [1.82, 2.24) is 0 Å². The number of hydrogen-bond donors (Lipinski definition) is 1. The molecule has 0 N–H and O–H groups in total. The zero-order chi connectivity index (χ0) is 12.8. The second-order valence-corrected chi connectivity index (χ2v) is 4.53. The first-order valence-electron chi connectivity index (χ1n) is 5.14. The monoisotopic (exact) mass is 316 g/mol. The van der Waals surface area contributed by atoms with Crippen LogP contribution in [0, 0.1) is 0 Å². The number of carbonyl (C=O) groups excluding carboxylic acids is 2. The molecule has 0 spiro atoms. The van der Waals surface area contributed by atoms with Gasteiger partial charge in [-0.05, 0) is 30.7 Å². The maximum atomic E-state index is 11.6. The second kappa shape index (κ2) is 6.81. The smallest absolute Gasteiger partial charge is 0.338 e. The highest BCUT2D eigenvalue weighted by atomic mass is 79.9. The molecule has 17 heavy (non-hydrogen) atoms.